The second-order valence-corrected chi connectivity index (χ2v) is 7.61. The molecule has 1 aromatic rings. The van der Waals surface area contributed by atoms with E-state index in [0.29, 0.717) is 5.41 Å². The number of hydrogen-bond donors (Lipinski definition) is 2. The predicted octanol–water partition coefficient (Wildman–Crippen LogP) is 4.03. The fraction of sp³-hybridized carbons (Fsp3) is 0.750. The Morgan fingerprint density at radius 2 is 2.19 bits per heavy atom. The maximum atomic E-state index is 11.3. The third kappa shape index (κ3) is 2.93. The van der Waals surface area contributed by atoms with Crippen molar-refractivity contribution in [1.29, 1.82) is 0 Å². The van der Waals surface area contributed by atoms with Gasteiger partial charge in [0, 0.05) is 11.4 Å². The first-order valence-corrected chi connectivity index (χ1v) is 8.91. The predicted molar refractivity (Wildman–Crippen MR) is 85.1 cm³/mol. The number of nitrogens with one attached hydrogen (secondary N) is 1. The van der Waals surface area contributed by atoms with Gasteiger partial charge in [0.05, 0.1) is 5.69 Å². The molecule has 1 fully saturated rings. The summed E-state index contributed by atoms with van der Waals surface area (Å²) in [5.41, 5.74) is 1.25. The number of thiazole rings is 1. The van der Waals surface area contributed by atoms with E-state index in [4.69, 9.17) is 0 Å². The zero-order valence-corrected chi connectivity index (χ0v) is 13.5. The number of hydrogen-bond acceptors (Lipinski definition) is 4. The Morgan fingerprint density at radius 3 is 2.86 bits per heavy atom. The van der Waals surface area contributed by atoms with Crippen molar-refractivity contribution in [3.8, 4) is 0 Å². The highest BCUT2D eigenvalue weighted by Crippen LogP contribution is 2.42. The zero-order valence-electron chi connectivity index (χ0n) is 12.7. The molecule has 1 saturated carbocycles. The molecule has 4 nitrogen and oxygen atoms in total. The molecule has 116 valence electrons. The normalized spacial score (nSPS) is 23.8. The van der Waals surface area contributed by atoms with Crippen LogP contribution in [0.5, 0.6) is 0 Å². The third-order valence-electron chi connectivity index (χ3n) is 5.28. The number of nitrogens with zero attached hydrogens (tertiary/aromatic N) is 1. The SMILES string of the molecule is CCC1(CNc2nc3c(s2)CCCC3C(=O)O)CCCC1. The highest BCUT2D eigenvalue weighted by molar-refractivity contribution is 7.15. The van der Waals surface area contributed by atoms with E-state index in [9.17, 15) is 9.90 Å². The Hall–Kier alpha value is -1.10. The minimum Gasteiger partial charge on any atom is -0.481 e. The van der Waals surface area contributed by atoms with Crippen molar-refractivity contribution < 1.29 is 9.90 Å². The van der Waals surface area contributed by atoms with Crippen LogP contribution in [0.15, 0.2) is 0 Å². The summed E-state index contributed by atoms with van der Waals surface area (Å²) < 4.78 is 0. The fourth-order valence-electron chi connectivity index (χ4n) is 3.78. The van der Waals surface area contributed by atoms with Crippen LogP contribution in [-0.4, -0.2) is 22.6 Å². The van der Waals surface area contributed by atoms with E-state index >= 15 is 0 Å². The minimum atomic E-state index is -0.728. The molecule has 5 heteroatoms. The van der Waals surface area contributed by atoms with Crippen molar-refractivity contribution in [2.24, 2.45) is 5.41 Å². The molecule has 1 atom stereocenters. The number of aromatic nitrogens is 1. The number of anilines is 1. The van der Waals surface area contributed by atoms with Gasteiger partial charge in [0.1, 0.15) is 5.92 Å². The average Bonchev–Trinajstić information content (AvgIpc) is 3.11. The number of fused-ring (bicyclic) bond motifs is 1. The molecule has 0 amide bonds. The van der Waals surface area contributed by atoms with E-state index in [1.165, 1.54) is 37.0 Å². The van der Waals surface area contributed by atoms with Crippen molar-refractivity contribution >= 4 is 22.4 Å². The fourth-order valence-corrected chi connectivity index (χ4v) is 4.84. The van der Waals surface area contributed by atoms with Gasteiger partial charge in [0.15, 0.2) is 5.13 Å². The van der Waals surface area contributed by atoms with Crippen LogP contribution in [-0.2, 0) is 11.2 Å². The lowest BCUT2D eigenvalue weighted by Gasteiger charge is -2.27. The van der Waals surface area contributed by atoms with Gasteiger partial charge in [-0.25, -0.2) is 4.98 Å². The first-order valence-electron chi connectivity index (χ1n) is 8.10. The molecule has 0 radical (unpaired) electrons. The molecule has 2 N–H and O–H groups in total. The summed E-state index contributed by atoms with van der Waals surface area (Å²) in [6, 6.07) is 0. The first kappa shape index (κ1) is 14.8. The lowest BCUT2D eigenvalue weighted by molar-refractivity contribution is -0.139. The summed E-state index contributed by atoms with van der Waals surface area (Å²) in [5.74, 6) is -1.12. The van der Waals surface area contributed by atoms with Crippen LogP contribution in [0.3, 0.4) is 0 Å². The molecule has 1 aromatic heterocycles. The molecule has 0 bridgehead atoms. The molecule has 1 unspecified atom stereocenters. The summed E-state index contributed by atoms with van der Waals surface area (Å²) in [4.78, 5) is 17.1. The minimum absolute atomic E-state index is 0.396. The summed E-state index contributed by atoms with van der Waals surface area (Å²) in [7, 11) is 0. The lowest BCUT2D eigenvalue weighted by atomic mass is 9.83. The topological polar surface area (TPSA) is 62.2 Å². The van der Waals surface area contributed by atoms with E-state index in [-0.39, 0.29) is 0 Å². The van der Waals surface area contributed by atoms with Crippen LogP contribution in [0.25, 0.3) is 0 Å². The molecule has 1 heterocycles. The van der Waals surface area contributed by atoms with Gasteiger partial charge in [0.2, 0.25) is 0 Å². The summed E-state index contributed by atoms with van der Waals surface area (Å²) in [6.07, 6.45) is 9.17. The highest BCUT2D eigenvalue weighted by Gasteiger charge is 2.33. The number of carboxylic acids is 1. The van der Waals surface area contributed by atoms with Gasteiger partial charge in [-0.2, -0.15) is 0 Å². The summed E-state index contributed by atoms with van der Waals surface area (Å²) >= 11 is 1.66. The molecular weight excluding hydrogens is 284 g/mol. The Kier molecular flexibility index (Phi) is 4.20. The van der Waals surface area contributed by atoms with Gasteiger partial charge in [-0.3, -0.25) is 4.79 Å². The second kappa shape index (κ2) is 5.95. The smallest absolute Gasteiger partial charge is 0.312 e. The lowest BCUT2D eigenvalue weighted by Crippen LogP contribution is -2.25. The van der Waals surface area contributed by atoms with Crippen LogP contribution in [0.1, 0.15) is 68.4 Å². The van der Waals surface area contributed by atoms with Crippen LogP contribution in [0, 0.1) is 5.41 Å². The molecular formula is C16H24N2O2S. The van der Waals surface area contributed by atoms with Crippen molar-refractivity contribution in [2.75, 3.05) is 11.9 Å². The van der Waals surface area contributed by atoms with Gasteiger partial charge >= 0.3 is 5.97 Å². The third-order valence-corrected chi connectivity index (χ3v) is 6.37. The molecule has 21 heavy (non-hydrogen) atoms. The van der Waals surface area contributed by atoms with Crippen molar-refractivity contribution in [3.05, 3.63) is 10.6 Å². The monoisotopic (exact) mass is 308 g/mol. The van der Waals surface area contributed by atoms with Gasteiger partial charge in [0.25, 0.3) is 0 Å². The Labute approximate surface area is 130 Å². The van der Waals surface area contributed by atoms with Crippen LogP contribution in [0.4, 0.5) is 5.13 Å². The average molecular weight is 308 g/mol. The van der Waals surface area contributed by atoms with Gasteiger partial charge in [-0.1, -0.05) is 19.8 Å². The summed E-state index contributed by atoms with van der Waals surface area (Å²) in [6.45, 7) is 3.26. The quantitative estimate of drug-likeness (QED) is 0.862. The Bertz CT molecular complexity index is 520. The van der Waals surface area contributed by atoms with Gasteiger partial charge in [-0.15, -0.1) is 11.3 Å². The number of carboxylic acid groups (broad SMARTS) is 1. The van der Waals surface area contributed by atoms with E-state index in [1.807, 2.05) is 0 Å². The van der Waals surface area contributed by atoms with E-state index in [1.54, 1.807) is 11.3 Å². The second-order valence-electron chi connectivity index (χ2n) is 6.52. The van der Waals surface area contributed by atoms with E-state index in [0.717, 1.165) is 36.6 Å². The van der Waals surface area contributed by atoms with Crippen molar-refractivity contribution in [1.82, 2.24) is 4.98 Å². The van der Waals surface area contributed by atoms with Crippen molar-refractivity contribution in [2.45, 2.75) is 64.2 Å². The molecule has 2 aliphatic carbocycles. The molecule has 3 rings (SSSR count). The molecule has 0 aliphatic heterocycles. The number of aryl methyl sites for hydroxylation is 1. The molecule has 0 saturated heterocycles. The molecule has 0 aromatic carbocycles. The highest BCUT2D eigenvalue weighted by atomic mass is 32.1. The molecule has 0 spiro atoms. The summed E-state index contributed by atoms with van der Waals surface area (Å²) in [5, 5.41) is 13.8. The number of rotatable bonds is 5. The number of aliphatic carboxylic acids is 1. The van der Waals surface area contributed by atoms with Crippen LogP contribution >= 0.6 is 11.3 Å². The maximum Gasteiger partial charge on any atom is 0.312 e. The van der Waals surface area contributed by atoms with Crippen LogP contribution in [0.2, 0.25) is 0 Å². The van der Waals surface area contributed by atoms with Crippen molar-refractivity contribution in [3.63, 3.8) is 0 Å². The van der Waals surface area contributed by atoms with E-state index < -0.39 is 11.9 Å². The maximum absolute atomic E-state index is 11.3. The largest absolute Gasteiger partial charge is 0.481 e. The van der Waals surface area contributed by atoms with Gasteiger partial charge in [-0.05, 0) is 43.9 Å². The standard InChI is InChI=1S/C16H24N2O2S/c1-2-16(8-3-4-9-16)10-17-15-18-13-11(14(19)20)6-5-7-12(13)21-15/h11H,2-10H2,1H3,(H,17,18)(H,19,20). The number of carbonyl (C=O) groups is 1. The van der Waals surface area contributed by atoms with Gasteiger partial charge < -0.3 is 10.4 Å². The van der Waals surface area contributed by atoms with Crippen LogP contribution < -0.4 is 5.32 Å². The molecule has 2 aliphatic rings. The van der Waals surface area contributed by atoms with E-state index in [2.05, 4.69) is 17.2 Å². The Morgan fingerprint density at radius 1 is 1.43 bits per heavy atom. The first-order chi connectivity index (χ1) is 10.1. The Balaban J connectivity index is 1.71. The zero-order chi connectivity index (χ0) is 14.9.